The van der Waals surface area contributed by atoms with Gasteiger partial charge in [-0.2, -0.15) is 0 Å². The summed E-state index contributed by atoms with van der Waals surface area (Å²) in [7, 11) is -2.01. The van der Waals surface area contributed by atoms with Gasteiger partial charge in [-0.05, 0) is 24.3 Å². The molecule has 5 rings (SSSR count). The Morgan fingerprint density at radius 2 is 1.91 bits per heavy atom. The quantitative estimate of drug-likeness (QED) is 0.308. The molecule has 0 aliphatic rings. The van der Waals surface area contributed by atoms with E-state index in [0.29, 0.717) is 50.9 Å². The lowest BCUT2D eigenvalue weighted by Crippen LogP contribution is -2.27. The van der Waals surface area contributed by atoms with Crippen molar-refractivity contribution in [1.29, 1.82) is 0 Å². The van der Waals surface area contributed by atoms with Crippen molar-refractivity contribution >= 4 is 38.2 Å². The molecule has 13 heteroatoms. The Morgan fingerprint density at radius 3 is 2.69 bits per heavy atom. The lowest BCUT2D eigenvalue weighted by molar-refractivity contribution is 0.582. The number of rotatable bonds is 7. The third kappa shape index (κ3) is 4.36. The summed E-state index contributed by atoms with van der Waals surface area (Å²) >= 11 is 0. The molecule has 5 aromatic heterocycles. The molecule has 0 radical (unpaired) electrons. The van der Waals surface area contributed by atoms with Crippen LogP contribution in [0.3, 0.4) is 0 Å². The van der Waals surface area contributed by atoms with Gasteiger partial charge in [0.25, 0.3) is 5.89 Å². The van der Waals surface area contributed by atoms with Gasteiger partial charge in [0.2, 0.25) is 15.9 Å². The molecular weight excluding hydrogens is 470 g/mol. The van der Waals surface area contributed by atoms with Gasteiger partial charge in [0.1, 0.15) is 17.2 Å². The summed E-state index contributed by atoms with van der Waals surface area (Å²) in [5.41, 5.74) is 9.80. The van der Waals surface area contributed by atoms with Gasteiger partial charge in [-0.25, -0.2) is 18.4 Å². The van der Waals surface area contributed by atoms with Gasteiger partial charge in [-0.1, -0.05) is 6.07 Å². The molecular formula is C22H21N9O3S. The van der Waals surface area contributed by atoms with Crippen molar-refractivity contribution in [2.75, 3.05) is 28.7 Å². The van der Waals surface area contributed by atoms with Gasteiger partial charge in [0.15, 0.2) is 0 Å². The van der Waals surface area contributed by atoms with Crippen LogP contribution in [0.1, 0.15) is 5.56 Å². The van der Waals surface area contributed by atoms with E-state index in [9.17, 15) is 8.42 Å². The molecule has 0 unspecified atom stereocenters. The minimum Gasteiger partial charge on any atom is -0.415 e. The summed E-state index contributed by atoms with van der Waals surface area (Å²) in [6.07, 6.45) is 7.51. The predicted molar refractivity (Wildman–Crippen MR) is 132 cm³/mol. The molecule has 5 aromatic rings. The molecule has 0 aromatic carbocycles. The van der Waals surface area contributed by atoms with Crippen LogP contribution in [0.2, 0.25) is 0 Å². The maximum Gasteiger partial charge on any atom is 0.264 e. The number of nitrogens with two attached hydrogens (primary N) is 1. The number of aromatic nitrogens is 6. The number of nitrogens with one attached hydrogen (secondary N) is 2. The lowest BCUT2D eigenvalue weighted by Gasteiger charge is -2.19. The maximum atomic E-state index is 12.0. The van der Waals surface area contributed by atoms with Crippen molar-refractivity contribution in [3.8, 4) is 23.0 Å². The fourth-order valence-corrected chi connectivity index (χ4v) is 4.01. The number of anilines is 3. The number of H-pyrrole nitrogens is 1. The second-order valence-corrected chi connectivity index (χ2v) is 9.77. The first-order chi connectivity index (χ1) is 16.8. The first-order valence-electron chi connectivity index (χ1n) is 10.4. The second kappa shape index (κ2) is 8.68. The Bertz CT molecular complexity index is 1610. The van der Waals surface area contributed by atoms with E-state index in [1.54, 1.807) is 36.8 Å². The van der Waals surface area contributed by atoms with E-state index in [2.05, 4.69) is 35.5 Å². The van der Waals surface area contributed by atoms with Crippen molar-refractivity contribution in [3.63, 3.8) is 0 Å². The van der Waals surface area contributed by atoms with Gasteiger partial charge < -0.3 is 20.5 Å². The van der Waals surface area contributed by atoms with Crippen molar-refractivity contribution in [2.45, 2.75) is 6.54 Å². The van der Waals surface area contributed by atoms with Crippen LogP contribution < -0.4 is 15.4 Å². The van der Waals surface area contributed by atoms with E-state index in [4.69, 9.17) is 10.2 Å². The summed E-state index contributed by atoms with van der Waals surface area (Å²) in [5, 5.41) is 12.2. The van der Waals surface area contributed by atoms with Crippen molar-refractivity contribution < 1.29 is 12.8 Å². The number of fused-ring (bicyclic) bond motifs is 1. The van der Waals surface area contributed by atoms with Crippen LogP contribution in [0.25, 0.3) is 34.1 Å². The Hall–Kier alpha value is -4.52. The molecule has 178 valence electrons. The monoisotopic (exact) mass is 491 g/mol. The Kier molecular flexibility index (Phi) is 5.53. The molecule has 0 atom stereocenters. The van der Waals surface area contributed by atoms with Gasteiger partial charge in [-0.15, -0.1) is 10.2 Å². The van der Waals surface area contributed by atoms with Crippen LogP contribution in [0.4, 0.5) is 17.2 Å². The van der Waals surface area contributed by atoms with Crippen LogP contribution in [0.5, 0.6) is 0 Å². The highest BCUT2D eigenvalue weighted by Gasteiger charge is 2.19. The van der Waals surface area contributed by atoms with E-state index in [0.717, 1.165) is 10.6 Å². The summed E-state index contributed by atoms with van der Waals surface area (Å²) in [6.45, 7) is 0.276. The molecule has 0 amide bonds. The van der Waals surface area contributed by atoms with Crippen molar-refractivity contribution in [3.05, 3.63) is 60.7 Å². The van der Waals surface area contributed by atoms with Gasteiger partial charge in [0.05, 0.1) is 29.4 Å². The zero-order valence-corrected chi connectivity index (χ0v) is 19.6. The maximum absolute atomic E-state index is 12.0. The van der Waals surface area contributed by atoms with E-state index in [1.165, 1.54) is 13.2 Å². The molecule has 4 N–H and O–H groups in total. The molecule has 0 aliphatic heterocycles. The van der Waals surface area contributed by atoms with Gasteiger partial charge in [0, 0.05) is 43.1 Å². The number of hydrogen-bond donors (Lipinski definition) is 3. The van der Waals surface area contributed by atoms with E-state index >= 15 is 0 Å². The van der Waals surface area contributed by atoms with Gasteiger partial charge in [-0.3, -0.25) is 9.29 Å². The van der Waals surface area contributed by atoms with Gasteiger partial charge >= 0.3 is 0 Å². The molecule has 0 spiro atoms. The SMILES string of the molecule is CN(c1ncccc1CNc1c(N)cnc2[nH]c(-c3nnc(-c4cccnc4)o3)cc12)S(C)(=O)=O. The highest BCUT2D eigenvalue weighted by Crippen LogP contribution is 2.33. The number of nitrogen functional groups attached to an aromatic ring is 1. The van der Waals surface area contributed by atoms with Crippen molar-refractivity contribution in [1.82, 2.24) is 30.1 Å². The molecule has 0 aliphatic carbocycles. The smallest absolute Gasteiger partial charge is 0.264 e. The standard InChI is InChI=1S/C22H21N9O3S/c1-31(35(2,32)33)20-13(5-4-8-25-20)11-26-18-15-9-17(28-19(15)27-12-16(18)23)22-30-29-21(34-22)14-6-3-7-24-10-14/h3-10,12H,11,23H2,1-2H3,(H2,26,27,28). The summed E-state index contributed by atoms with van der Waals surface area (Å²) in [4.78, 5) is 15.8. The largest absolute Gasteiger partial charge is 0.415 e. The van der Waals surface area contributed by atoms with Crippen LogP contribution in [0, 0.1) is 0 Å². The molecule has 5 heterocycles. The fraction of sp³-hybridized carbons (Fsp3) is 0.136. The Labute approximate surface area is 200 Å². The minimum absolute atomic E-state index is 0.276. The van der Waals surface area contributed by atoms with E-state index < -0.39 is 10.0 Å². The topological polar surface area (TPSA) is 169 Å². The zero-order chi connectivity index (χ0) is 24.6. The summed E-state index contributed by atoms with van der Waals surface area (Å²) in [6, 6.07) is 8.97. The molecule has 12 nitrogen and oxygen atoms in total. The average Bonchev–Trinajstić information content (AvgIpc) is 3.51. The second-order valence-electron chi connectivity index (χ2n) is 7.76. The number of sulfonamides is 1. The minimum atomic E-state index is -3.47. The Balaban J connectivity index is 1.46. The molecule has 0 saturated heterocycles. The third-order valence-corrected chi connectivity index (χ3v) is 6.54. The van der Waals surface area contributed by atoms with Crippen LogP contribution in [-0.2, 0) is 16.6 Å². The Morgan fingerprint density at radius 1 is 1.11 bits per heavy atom. The fourth-order valence-electron chi connectivity index (χ4n) is 3.53. The number of nitrogens with zero attached hydrogens (tertiary/aromatic N) is 6. The first-order valence-corrected chi connectivity index (χ1v) is 12.3. The normalized spacial score (nSPS) is 11.6. The first kappa shape index (κ1) is 22.3. The third-order valence-electron chi connectivity index (χ3n) is 5.37. The summed E-state index contributed by atoms with van der Waals surface area (Å²) < 4.78 is 31.0. The number of pyridine rings is 3. The lowest BCUT2D eigenvalue weighted by atomic mass is 10.2. The van der Waals surface area contributed by atoms with Crippen LogP contribution in [0.15, 0.2) is 59.5 Å². The van der Waals surface area contributed by atoms with E-state index in [-0.39, 0.29) is 12.4 Å². The molecule has 35 heavy (non-hydrogen) atoms. The highest BCUT2D eigenvalue weighted by atomic mass is 32.2. The zero-order valence-electron chi connectivity index (χ0n) is 18.8. The van der Waals surface area contributed by atoms with Crippen LogP contribution >= 0.6 is 0 Å². The highest BCUT2D eigenvalue weighted by molar-refractivity contribution is 7.92. The molecule has 0 bridgehead atoms. The molecule has 0 saturated carbocycles. The van der Waals surface area contributed by atoms with Crippen LogP contribution in [-0.4, -0.2) is 51.9 Å². The number of hydrogen-bond acceptors (Lipinski definition) is 10. The molecule has 0 fully saturated rings. The average molecular weight is 492 g/mol. The summed E-state index contributed by atoms with van der Waals surface area (Å²) in [5.74, 6) is 0.960. The van der Waals surface area contributed by atoms with Crippen molar-refractivity contribution in [2.24, 2.45) is 0 Å². The predicted octanol–water partition coefficient (Wildman–Crippen LogP) is 2.66. The number of aromatic amines is 1. The van der Waals surface area contributed by atoms with E-state index in [1.807, 2.05) is 12.1 Å².